The van der Waals surface area contributed by atoms with Crippen molar-refractivity contribution in [2.45, 2.75) is 121 Å². The van der Waals surface area contributed by atoms with Gasteiger partial charge in [-0.3, -0.25) is 14.4 Å². The fraction of sp³-hybridized carbons (Fsp3) is 0.200. The molecule has 1 N–H and O–H groups in total. The Morgan fingerprint density at radius 2 is 0.781 bits per heavy atom. The van der Waals surface area contributed by atoms with Gasteiger partial charge < -0.3 is 51.3 Å². The van der Waals surface area contributed by atoms with Gasteiger partial charge >= 0.3 is 7.12 Å². The Labute approximate surface area is 672 Å². The van der Waals surface area contributed by atoms with Gasteiger partial charge in [0.15, 0.2) is 34.7 Å². The Balaban J connectivity index is 0.000000127. The molecule has 0 spiro atoms. The second kappa shape index (κ2) is 33.9. The first-order valence-electron chi connectivity index (χ1n) is 38.5. The summed E-state index contributed by atoms with van der Waals surface area (Å²) in [5.41, 5.74) is 12.0. The SMILES string of the molecule is C=CB1OC(C)(C)C(C)(C)O1.C=Cc1cnc2n1C[C@H](C(c1ccccc1)c1ccccc1)n1ccc(=O)c(OCc3ccccc3)c1-2.CCc1cnc2n1C[C@H](C(c1ccccc1)c1ccccc1)n1ccc(=O)c(O)c1-2.O=c1ccn2c(c1OCc1ccccc1)-c1ncc(Br)n1C[C@@H]2C(c1ccccc1)c1ccccc1. The third-order valence-electron chi connectivity index (χ3n) is 22.3. The van der Waals surface area contributed by atoms with Gasteiger partial charge in [-0.15, -0.1) is 6.58 Å². The lowest BCUT2D eigenvalue weighted by Gasteiger charge is -2.36. The minimum Gasteiger partial charge on any atom is -0.503 e. The predicted octanol–water partition coefficient (Wildman–Crippen LogP) is 18.9. The maximum absolute atomic E-state index is 13.2. The van der Waals surface area contributed by atoms with Crippen molar-refractivity contribution in [2.75, 3.05) is 0 Å². The van der Waals surface area contributed by atoms with Gasteiger partial charge in [0.25, 0.3) is 0 Å². The molecule has 3 atom stereocenters. The smallest absolute Gasteiger partial charge is 0.486 e. The molecule has 17 nitrogen and oxygen atoms in total. The maximum atomic E-state index is 13.2. The molecule has 0 saturated carbocycles. The number of halogens is 1. The minimum atomic E-state index is -0.384. The van der Waals surface area contributed by atoms with Crippen molar-refractivity contribution in [1.82, 2.24) is 42.4 Å². The summed E-state index contributed by atoms with van der Waals surface area (Å²) in [7, 11) is -0.250. The topological polar surface area (TPSA) is 177 Å². The Kier molecular flexibility index (Phi) is 22.9. The number of hydrogen-bond acceptors (Lipinski definition) is 11. The largest absolute Gasteiger partial charge is 0.503 e. The summed E-state index contributed by atoms with van der Waals surface area (Å²) in [6.45, 7) is 20.5. The zero-order chi connectivity index (χ0) is 79.0. The van der Waals surface area contributed by atoms with Crippen molar-refractivity contribution in [3.63, 3.8) is 0 Å². The number of imidazole rings is 3. The van der Waals surface area contributed by atoms with E-state index < -0.39 is 0 Å². The average Bonchev–Trinajstić information content (AvgIpc) is 1.37. The van der Waals surface area contributed by atoms with E-state index in [1.165, 1.54) is 39.4 Å². The molecule has 0 radical (unpaired) electrons. The summed E-state index contributed by atoms with van der Waals surface area (Å²) in [5.74, 6) is 4.31. The zero-order valence-electron chi connectivity index (χ0n) is 64.4. The number of ether oxygens (including phenoxy) is 2. The van der Waals surface area contributed by atoms with Crippen molar-refractivity contribution in [1.29, 1.82) is 0 Å². The van der Waals surface area contributed by atoms with Crippen LogP contribution in [-0.4, -0.2) is 65.8 Å². The quantitative estimate of drug-likeness (QED) is 0.0809. The predicted molar refractivity (Wildman–Crippen MR) is 454 cm³/mol. The highest BCUT2D eigenvalue weighted by molar-refractivity contribution is 9.10. The van der Waals surface area contributed by atoms with Crippen LogP contribution in [-0.2, 0) is 48.6 Å². The third-order valence-corrected chi connectivity index (χ3v) is 22.9. The first-order valence-corrected chi connectivity index (χ1v) is 39.3. The van der Waals surface area contributed by atoms with Crippen LogP contribution in [0.3, 0.4) is 0 Å². The fourth-order valence-corrected chi connectivity index (χ4v) is 16.5. The number of fused-ring (bicyclic) bond motifs is 9. The zero-order valence-corrected chi connectivity index (χ0v) is 65.9. The lowest BCUT2D eigenvalue weighted by Crippen LogP contribution is -2.41. The van der Waals surface area contributed by atoms with Crippen molar-refractivity contribution in [3.05, 3.63) is 408 Å². The van der Waals surface area contributed by atoms with E-state index in [0.717, 1.165) is 39.4 Å². The molecule has 0 unspecified atom stereocenters. The number of nitrogens with zero attached hydrogens (tertiary/aromatic N) is 9. The van der Waals surface area contributed by atoms with E-state index in [2.05, 4.69) is 214 Å². The maximum Gasteiger partial charge on any atom is 0.486 e. The molecule has 10 heterocycles. The minimum absolute atomic E-state index is 0.0116. The Hall–Kier alpha value is -12.4. The third kappa shape index (κ3) is 15.7. The molecule has 6 aromatic heterocycles. The molecule has 4 aliphatic heterocycles. The van der Waals surface area contributed by atoms with Crippen LogP contribution in [0.25, 0.3) is 40.6 Å². The Bertz CT molecular complexity index is 5720. The molecular formula is C95H89BBrN9O8. The lowest BCUT2D eigenvalue weighted by atomic mass is 9.83. The molecule has 8 aromatic carbocycles. The molecule has 0 bridgehead atoms. The second-order valence-electron chi connectivity index (χ2n) is 29.7. The highest BCUT2D eigenvalue weighted by Crippen LogP contribution is 2.48. The molecule has 19 heteroatoms. The van der Waals surface area contributed by atoms with Gasteiger partial charge in [0, 0.05) is 86.1 Å². The monoisotopic (exact) mass is 1570 g/mol. The van der Waals surface area contributed by atoms with Gasteiger partial charge in [0.1, 0.15) is 34.9 Å². The number of rotatable bonds is 18. The fourth-order valence-electron chi connectivity index (χ4n) is 16.0. The van der Waals surface area contributed by atoms with Crippen molar-refractivity contribution >= 4 is 29.1 Å². The summed E-state index contributed by atoms with van der Waals surface area (Å²) in [6.07, 6.45) is 13.7. The number of aryl methyl sites for hydroxylation is 1. The van der Waals surface area contributed by atoms with Gasteiger partial charge in [0.05, 0.1) is 47.4 Å². The van der Waals surface area contributed by atoms with Crippen LogP contribution in [0.4, 0.5) is 0 Å². The highest BCUT2D eigenvalue weighted by atomic mass is 79.9. The van der Waals surface area contributed by atoms with Crippen molar-refractivity contribution in [2.24, 2.45) is 0 Å². The van der Waals surface area contributed by atoms with Crippen LogP contribution in [0.5, 0.6) is 17.2 Å². The summed E-state index contributed by atoms with van der Waals surface area (Å²) in [5, 5.41) is 10.7. The summed E-state index contributed by atoms with van der Waals surface area (Å²) >= 11 is 3.68. The van der Waals surface area contributed by atoms with E-state index in [-0.39, 0.29) is 76.2 Å². The van der Waals surface area contributed by atoms with E-state index in [9.17, 15) is 19.5 Å². The van der Waals surface area contributed by atoms with E-state index in [1.54, 1.807) is 30.5 Å². The van der Waals surface area contributed by atoms with Gasteiger partial charge in [-0.25, -0.2) is 15.0 Å². The molecule has 114 heavy (non-hydrogen) atoms. The number of benzene rings is 8. The summed E-state index contributed by atoms with van der Waals surface area (Å²) in [4.78, 5) is 52.6. The molecule has 0 amide bonds. The van der Waals surface area contributed by atoms with Gasteiger partial charge in [-0.2, -0.15) is 0 Å². The number of aromatic nitrogens is 9. The van der Waals surface area contributed by atoms with Crippen LogP contribution < -0.4 is 25.8 Å². The molecule has 4 aliphatic rings. The van der Waals surface area contributed by atoms with E-state index >= 15 is 0 Å². The Morgan fingerprint density at radius 1 is 0.456 bits per heavy atom. The summed E-state index contributed by atoms with van der Waals surface area (Å²) in [6, 6.07) is 87.3. The molecular weight excluding hydrogens is 1490 g/mol. The standard InChI is InChI=1S/C32H27N3O2.C30H24BrN3O2.C25H23N3O2.C8H15BO2/c1-2-26-20-33-32-30-31(37-22-23-12-6-3-7-13-23)28(36)18-19-34(30)27(21-35(26)32)29(24-14-8-4-9-15-24)25-16-10-5-11-17-25;31-26-18-32-30-28-29(36-20-21-10-4-1-5-11-21)25(35)16-17-33(28)24(19-34(26)30)27(22-12-6-2-7-13-22)23-14-8-3-9-15-23;1-2-19-15-26-25-23-24(30)21(29)13-14-27(23)20(16-28(19)25)22(17-9-5-3-6-10-17)18-11-7-4-8-12-18;1-6-9-10-7(2,3)8(4,5)11-9/h2-20,27,29H,1,21-22H2;1-18,24,27H,19-20H2;3-15,20,22,30H,2,16H2,1H3;6H,1H2,2-5H3/t27-;24-;20-;/m111./s1. The average molecular weight is 1580 g/mol. The van der Waals surface area contributed by atoms with Gasteiger partial charge in [-0.05, 0) is 101 Å². The molecule has 572 valence electrons. The molecule has 18 rings (SSSR count). The Morgan fingerprint density at radius 3 is 1.15 bits per heavy atom. The van der Waals surface area contributed by atoms with Crippen molar-refractivity contribution < 1.29 is 23.9 Å². The first-order chi connectivity index (χ1) is 55.5. The van der Waals surface area contributed by atoms with Crippen LogP contribution in [0.1, 0.15) is 126 Å². The summed E-state index contributed by atoms with van der Waals surface area (Å²) < 4.78 is 37.3. The van der Waals surface area contributed by atoms with E-state index in [4.69, 9.17) is 23.8 Å². The molecule has 1 fully saturated rings. The molecule has 0 aliphatic carbocycles. The number of hydrogen-bond donors (Lipinski definition) is 1. The van der Waals surface area contributed by atoms with Gasteiger partial charge in [0.2, 0.25) is 16.3 Å². The van der Waals surface area contributed by atoms with E-state index in [1.807, 2.05) is 160 Å². The molecule has 1 saturated heterocycles. The van der Waals surface area contributed by atoms with Crippen LogP contribution in [0, 0.1) is 0 Å². The number of aromatic hydroxyl groups is 1. The molecule has 14 aromatic rings. The lowest BCUT2D eigenvalue weighted by molar-refractivity contribution is 0.00578. The van der Waals surface area contributed by atoms with E-state index in [0.29, 0.717) is 73.1 Å². The van der Waals surface area contributed by atoms with Crippen LogP contribution >= 0.6 is 15.9 Å². The van der Waals surface area contributed by atoms with Gasteiger partial charge in [-0.1, -0.05) is 262 Å². The van der Waals surface area contributed by atoms with Crippen molar-refractivity contribution in [3.8, 4) is 51.8 Å². The number of pyridine rings is 3. The normalized spacial score (nSPS) is 15.7. The van der Waals surface area contributed by atoms with Crippen LogP contribution in [0.15, 0.2) is 336 Å². The first kappa shape index (κ1) is 76.9. The second-order valence-corrected chi connectivity index (χ2v) is 30.5. The van der Waals surface area contributed by atoms with Crippen LogP contribution in [0.2, 0.25) is 0 Å². The highest BCUT2D eigenvalue weighted by Gasteiger charge is 2.50.